The van der Waals surface area contributed by atoms with E-state index in [1.165, 1.54) is 40.9 Å². The molecule has 4 rings (SSSR count). The van der Waals surface area contributed by atoms with Crippen LogP contribution in [-0.2, 0) is 11.4 Å². The van der Waals surface area contributed by atoms with E-state index in [2.05, 4.69) is 36.9 Å². The van der Waals surface area contributed by atoms with Gasteiger partial charge < -0.3 is 9.84 Å². The van der Waals surface area contributed by atoms with Gasteiger partial charge in [0.1, 0.15) is 18.2 Å². The molecule has 0 radical (unpaired) electrons. The number of carboxylic acids is 1. The molecule has 0 unspecified atom stereocenters. The third-order valence-corrected chi connectivity index (χ3v) is 7.15. The summed E-state index contributed by atoms with van der Waals surface area (Å²) in [5, 5.41) is 9.62. The van der Waals surface area contributed by atoms with Crippen molar-refractivity contribution >= 4 is 72.4 Å². The van der Waals surface area contributed by atoms with Gasteiger partial charge in [-0.1, -0.05) is 18.2 Å². The first kappa shape index (κ1) is 25.2. The molecule has 0 saturated carbocycles. The zero-order chi connectivity index (χ0) is 25.1. The molecule has 1 heterocycles. The number of aliphatic imine (C=N–C) groups is 1. The highest BCUT2D eigenvalue weighted by Crippen LogP contribution is 2.38. The number of ether oxygens (including phenoxy) is 1. The normalized spacial score (nSPS) is 15.8. The Morgan fingerprint density at radius 1 is 1.14 bits per heavy atom. The van der Waals surface area contributed by atoms with Crippen LogP contribution >= 0.6 is 43.6 Å². The highest BCUT2D eigenvalue weighted by atomic mass is 79.9. The highest BCUT2D eigenvalue weighted by Gasteiger charge is 2.30. The number of carboxylic acid groups (broad SMARTS) is 1. The van der Waals surface area contributed by atoms with Gasteiger partial charge in [0.05, 0.1) is 25.1 Å². The number of carbonyl (C=O) groups is 2. The molecule has 0 bridgehead atoms. The topological polar surface area (TPSA) is 79.2 Å². The van der Waals surface area contributed by atoms with E-state index >= 15 is 0 Å². The number of aromatic carboxylic acids is 1. The van der Waals surface area contributed by atoms with Crippen LogP contribution in [0.5, 0.6) is 5.75 Å². The van der Waals surface area contributed by atoms with E-state index in [1.54, 1.807) is 37.4 Å². The molecule has 1 amide bonds. The third-order valence-electron chi connectivity index (χ3n) is 4.91. The van der Waals surface area contributed by atoms with Crippen molar-refractivity contribution in [2.24, 2.45) is 4.99 Å². The summed E-state index contributed by atoms with van der Waals surface area (Å²) in [6.07, 6.45) is 1.74. The first-order valence-corrected chi connectivity index (χ1v) is 12.6. The van der Waals surface area contributed by atoms with Crippen LogP contribution in [0.2, 0.25) is 0 Å². The van der Waals surface area contributed by atoms with Crippen molar-refractivity contribution < 1.29 is 23.8 Å². The largest absolute Gasteiger partial charge is 0.487 e. The molecule has 35 heavy (non-hydrogen) atoms. The standard InChI is InChI=1S/C25H17Br2FN2O4S/c1-30-23(31)21(35-25(30)29-18-7-3-5-16(12-18)24(32)33)11-15-9-19(26)22(20(27)10-15)34-13-14-4-2-6-17(28)8-14/h2-12H,13H2,1H3,(H,32,33)/b21-11-,29-25?. The lowest BCUT2D eigenvalue weighted by atomic mass is 10.2. The third kappa shape index (κ3) is 6.01. The first-order chi connectivity index (χ1) is 16.7. The van der Waals surface area contributed by atoms with E-state index in [4.69, 9.17) is 4.74 Å². The Hall–Kier alpha value is -2.95. The molecule has 0 spiro atoms. The average Bonchev–Trinajstić information content (AvgIpc) is 3.06. The van der Waals surface area contributed by atoms with Crippen LogP contribution in [0.1, 0.15) is 21.5 Å². The van der Waals surface area contributed by atoms with Crippen molar-refractivity contribution in [3.05, 3.63) is 97.0 Å². The van der Waals surface area contributed by atoms with E-state index in [0.717, 1.165) is 5.56 Å². The Morgan fingerprint density at radius 2 is 1.86 bits per heavy atom. The van der Waals surface area contributed by atoms with Gasteiger partial charge in [0, 0.05) is 7.05 Å². The maximum Gasteiger partial charge on any atom is 0.335 e. The molecule has 0 aliphatic carbocycles. The van der Waals surface area contributed by atoms with Crippen LogP contribution in [0.4, 0.5) is 10.1 Å². The molecule has 1 aliphatic heterocycles. The van der Waals surface area contributed by atoms with Gasteiger partial charge in [-0.05, 0) is 103 Å². The minimum atomic E-state index is -1.05. The second-order valence-electron chi connectivity index (χ2n) is 7.46. The number of amides is 1. The zero-order valence-corrected chi connectivity index (χ0v) is 22.2. The summed E-state index contributed by atoms with van der Waals surface area (Å²) in [6, 6.07) is 16.0. The van der Waals surface area contributed by atoms with Crippen LogP contribution in [0, 0.1) is 5.82 Å². The number of likely N-dealkylation sites (N-methyl/N-ethyl adjacent to an activating group) is 1. The first-order valence-electron chi connectivity index (χ1n) is 10.2. The number of amidine groups is 1. The lowest BCUT2D eigenvalue weighted by Gasteiger charge is -2.12. The predicted molar refractivity (Wildman–Crippen MR) is 141 cm³/mol. The highest BCUT2D eigenvalue weighted by molar-refractivity contribution is 9.11. The van der Waals surface area contributed by atoms with Crippen molar-refractivity contribution in [2.75, 3.05) is 7.05 Å². The molecule has 3 aromatic rings. The van der Waals surface area contributed by atoms with E-state index in [9.17, 15) is 19.1 Å². The van der Waals surface area contributed by atoms with Crippen LogP contribution < -0.4 is 4.74 Å². The van der Waals surface area contributed by atoms with Gasteiger partial charge in [-0.25, -0.2) is 14.2 Å². The van der Waals surface area contributed by atoms with Crippen LogP contribution in [0.25, 0.3) is 6.08 Å². The molecular weight excluding hydrogens is 603 g/mol. The van der Waals surface area contributed by atoms with Gasteiger partial charge in [0.15, 0.2) is 5.17 Å². The fourth-order valence-corrected chi connectivity index (χ4v) is 5.64. The van der Waals surface area contributed by atoms with Gasteiger partial charge >= 0.3 is 5.97 Å². The Morgan fingerprint density at radius 3 is 2.54 bits per heavy atom. The lowest BCUT2D eigenvalue weighted by molar-refractivity contribution is -0.121. The van der Waals surface area contributed by atoms with E-state index in [-0.39, 0.29) is 23.9 Å². The van der Waals surface area contributed by atoms with Gasteiger partial charge in [-0.2, -0.15) is 0 Å². The molecule has 1 saturated heterocycles. The van der Waals surface area contributed by atoms with E-state index < -0.39 is 5.97 Å². The van der Waals surface area contributed by atoms with Gasteiger partial charge in [-0.3, -0.25) is 9.69 Å². The van der Waals surface area contributed by atoms with Crippen molar-refractivity contribution in [2.45, 2.75) is 6.61 Å². The Bertz CT molecular complexity index is 1370. The molecule has 1 fully saturated rings. The Balaban J connectivity index is 1.54. The fourth-order valence-electron chi connectivity index (χ4n) is 3.20. The SMILES string of the molecule is CN1C(=O)/C(=C/c2cc(Br)c(OCc3cccc(F)c3)c(Br)c2)SC1=Nc1cccc(C(=O)O)c1. The van der Waals surface area contributed by atoms with Gasteiger partial charge in [0.25, 0.3) is 5.91 Å². The second-order valence-corrected chi connectivity index (χ2v) is 10.2. The average molecular weight is 620 g/mol. The molecule has 1 N–H and O–H groups in total. The summed E-state index contributed by atoms with van der Waals surface area (Å²) >= 11 is 8.21. The molecule has 178 valence electrons. The van der Waals surface area contributed by atoms with Gasteiger partial charge in [0.2, 0.25) is 0 Å². The molecule has 0 atom stereocenters. The number of carbonyl (C=O) groups excluding carboxylic acids is 1. The molecule has 6 nitrogen and oxygen atoms in total. The summed E-state index contributed by atoms with van der Waals surface area (Å²) in [6.45, 7) is 0.192. The number of nitrogens with zero attached hydrogens (tertiary/aromatic N) is 2. The molecule has 10 heteroatoms. The number of rotatable bonds is 6. The minimum Gasteiger partial charge on any atom is -0.487 e. The van der Waals surface area contributed by atoms with E-state index in [1.807, 2.05) is 12.1 Å². The predicted octanol–water partition coefficient (Wildman–Crippen LogP) is 6.86. The molecular formula is C25H17Br2FN2O4S. The summed E-state index contributed by atoms with van der Waals surface area (Å²) in [5.74, 6) is -1.04. The van der Waals surface area contributed by atoms with Crippen LogP contribution in [-0.4, -0.2) is 34.1 Å². The number of hydrogen-bond acceptors (Lipinski definition) is 5. The van der Waals surface area contributed by atoms with Crippen molar-refractivity contribution in [1.82, 2.24) is 4.90 Å². The lowest BCUT2D eigenvalue weighted by Crippen LogP contribution is -2.23. The summed E-state index contributed by atoms with van der Waals surface area (Å²) in [5.41, 5.74) is 2.01. The quantitative estimate of drug-likeness (QED) is 0.305. The van der Waals surface area contributed by atoms with Gasteiger partial charge in [-0.15, -0.1) is 0 Å². The fraction of sp³-hybridized carbons (Fsp3) is 0.0800. The van der Waals surface area contributed by atoms with Crippen molar-refractivity contribution in [3.8, 4) is 5.75 Å². The van der Waals surface area contributed by atoms with Crippen LogP contribution in [0.3, 0.4) is 0 Å². The molecule has 3 aromatic carbocycles. The zero-order valence-electron chi connectivity index (χ0n) is 18.2. The van der Waals surface area contributed by atoms with Crippen LogP contribution in [0.15, 0.2) is 79.5 Å². The summed E-state index contributed by atoms with van der Waals surface area (Å²) in [4.78, 5) is 30.3. The second kappa shape index (κ2) is 10.8. The number of benzene rings is 3. The smallest absolute Gasteiger partial charge is 0.335 e. The maximum atomic E-state index is 13.4. The number of halogens is 3. The van der Waals surface area contributed by atoms with Crippen molar-refractivity contribution in [1.29, 1.82) is 0 Å². The molecule has 0 aromatic heterocycles. The van der Waals surface area contributed by atoms with E-state index in [0.29, 0.717) is 36.0 Å². The summed E-state index contributed by atoms with van der Waals surface area (Å²) < 4.78 is 20.6. The maximum absolute atomic E-state index is 13.4. The monoisotopic (exact) mass is 618 g/mol. The minimum absolute atomic E-state index is 0.119. The summed E-state index contributed by atoms with van der Waals surface area (Å²) in [7, 11) is 1.62. The number of hydrogen-bond donors (Lipinski definition) is 1. The molecule has 1 aliphatic rings. The Kier molecular flexibility index (Phi) is 7.73. The Labute approximate surface area is 221 Å². The number of thioether (sulfide) groups is 1. The van der Waals surface area contributed by atoms with Crippen molar-refractivity contribution in [3.63, 3.8) is 0 Å².